The molecule has 8 rings (SSSR count). The number of rotatable bonds is 6. The number of carbonyl (C=O) groups excluding carboxylic acids is 3. The van der Waals surface area contributed by atoms with Gasteiger partial charge in [-0.2, -0.15) is 0 Å². The van der Waals surface area contributed by atoms with Gasteiger partial charge in [0.2, 0.25) is 17.7 Å². The van der Waals surface area contributed by atoms with Gasteiger partial charge in [0.05, 0.1) is 17.9 Å². The minimum atomic E-state index is -1.29. The number of ether oxygens (including phenoxy) is 1. The summed E-state index contributed by atoms with van der Waals surface area (Å²) in [7, 11) is 0. The average molecular weight is 575 g/mol. The largest absolute Gasteiger partial charge is 0.376 e. The number of benzene rings is 3. The first-order valence-electron chi connectivity index (χ1n) is 13.7. The number of alkyl halides is 2. The molecule has 3 aromatic carbocycles. The van der Waals surface area contributed by atoms with Crippen LogP contribution in [0.4, 0.5) is 0 Å². The zero-order valence-corrected chi connectivity index (χ0v) is 23.2. The lowest BCUT2D eigenvalue weighted by Crippen LogP contribution is -2.57. The van der Waals surface area contributed by atoms with Crippen molar-refractivity contribution in [3.63, 3.8) is 0 Å². The van der Waals surface area contributed by atoms with Crippen molar-refractivity contribution in [3.8, 4) is 0 Å². The molecule has 1 N–H and O–H groups in total. The minimum absolute atomic E-state index is 0.0778. The van der Waals surface area contributed by atoms with Gasteiger partial charge in [0.25, 0.3) is 0 Å². The molecule has 5 aliphatic rings. The first-order valence-corrected chi connectivity index (χ1v) is 14.5. The van der Waals surface area contributed by atoms with E-state index in [2.05, 4.69) is 5.32 Å². The second-order valence-corrected chi connectivity index (χ2v) is 12.3. The van der Waals surface area contributed by atoms with Gasteiger partial charge in [0.1, 0.15) is 15.8 Å². The van der Waals surface area contributed by atoms with Gasteiger partial charge in [-0.05, 0) is 40.7 Å². The monoisotopic (exact) mass is 574 g/mol. The van der Waals surface area contributed by atoms with Crippen molar-refractivity contribution in [2.45, 2.75) is 41.2 Å². The van der Waals surface area contributed by atoms with E-state index in [1.807, 2.05) is 78.9 Å². The lowest BCUT2D eigenvalue weighted by molar-refractivity contribution is -0.148. The maximum atomic E-state index is 14.5. The van der Waals surface area contributed by atoms with E-state index in [-0.39, 0.29) is 12.5 Å². The Labute approximate surface area is 242 Å². The van der Waals surface area contributed by atoms with Crippen molar-refractivity contribution in [1.82, 2.24) is 10.2 Å². The van der Waals surface area contributed by atoms with Gasteiger partial charge in [0.15, 0.2) is 0 Å². The molecule has 0 spiro atoms. The average Bonchev–Trinajstić information content (AvgIpc) is 3.60. The van der Waals surface area contributed by atoms with E-state index in [1.165, 1.54) is 0 Å². The van der Waals surface area contributed by atoms with Crippen LogP contribution in [-0.2, 0) is 35.3 Å². The van der Waals surface area contributed by atoms with Crippen molar-refractivity contribution in [1.29, 1.82) is 0 Å². The molecule has 8 heteroatoms. The number of amides is 3. The van der Waals surface area contributed by atoms with Crippen LogP contribution in [0.3, 0.4) is 0 Å². The fourth-order valence-electron chi connectivity index (χ4n) is 7.27. The number of nitrogens with zero attached hydrogens (tertiary/aromatic N) is 1. The Morgan fingerprint density at radius 3 is 1.82 bits per heavy atom. The normalized spacial score (nSPS) is 30.6. The highest BCUT2D eigenvalue weighted by molar-refractivity contribution is 6.36. The molecule has 3 aromatic rings. The molecular formula is C32H28Cl2N2O4. The summed E-state index contributed by atoms with van der Waals surface area (Å²) in [5.74, 6) is -3.23. The Kier molecular flexibility index (Phi) is 6.08. The summed E-state index contributed by atoms with van der Waals surface area (Å²) in [6.07, 6.45) is 1.90. The summed E-state index contributed by atoms with van der Waals surface area (Å²) in [5, 5.41) is 2.96. The third-order valence-corrected chi connectivity index (χ3v) is 10.3. The number of hydrogen-bond acceptors (Lipinski definition) is 4. The topological polar surface area (TPSA) is 75.7 Å². The van der Waals surface area contributed by atoms with Crippen LogP contribution in [0.25, 0.3) is 0 Å². The summed E-state index contributed by atoms with van der Waals surface area (Å²) in [6.45, 7) is 0.986. The number of imide groups is 1. The third-order valence-electron chi connectivity index (χ3n) is 9.03. The zero-order valence-electron chi connectivity index (χ0n) is 21.7. The molecule has 40 heavy (non-hydrogen) atoms. The highest BCUT2D eigenvalue weighted by Gasteiger charge is 2.73. The lowest BCUT2D eigenvalue weighted by Gasteiger charge is -2.54. The fourth-order valence-corrected chi connectivity index (χ4v) is 8.37. The van der Waals surface area contributed by atoms with Gasteiger partial charge in [-0.3, -0.25) is 19.3 Å². The van der Waals surface area contributed by atoms with E-state index in [4.69, 9.17) is 27.9 Å². The number of hydrogen-bond donors (Lipinski definition) is 1. The van der Waals surface area contributed by atoms with E-state index in [9.17, 15) is 14.4 Å². The van der Waals surface area contributed by atoms with Crippen LogP contribution < -0.4 is 5.32 Å². The highest BCUT2D eigenvalue weighted by atomic mass is 35.5. The molecule has 0 radical (unpaired) electrons. The number of likely N-dealkylation sites (tertiary alicyclic amines) is 1. The molecule has 2 aliphatic heterocycles. The van der Waals surface area contributed by atoms with Crippen LogP contribution in [0.1, 0.15) is 40.7 Å². The van der Waals surface area contributed by atoms with E-state index in [0.717, 1.165) is 45.6 Å². The van der Waals surface area contributed by atoms with Crippen LogP contribution in [0.5, 0.6) is 0 Å². The quantitative estimate of drug-likeness (QED) is 0.348. The maximum absolute atomic E-state index is 14.5. The molecule has 0 saturated carbocycles. The molecule has 2 fully saturated rings. The number of carbonyl (C=O) groups is 3. The molecule has 2 bridgehead atoms. The van der Waals surface area contributed by atoms with Gasteiger partial charge in [0, 0.05) is 19.6 Å². The van der Waals surface area contributed by atoms with Crippen LogP contribution >= 0.6 is 23.2 Å². The van der Waals surface area contributed by atoms with Crippen molar-refractivity contribution in [2.24, 2.45) is 11.8 Å². The van der Waals surface area contributed by atoms with Crippen molar-refractivity contribution >= 4 is 40.9 Å². The Bertz CT molecular complexity index is 1400. The van der Waals surface area contributed by atoms with Crippen LogP contribution in [0.15, 0.2) is 78.9 Å². The fraction of sp³-hybridized carbons (Fsp3) is 0.344. The molecule has 0 aromatic heterocycles. The van der Waals surface area contributed by atoms with Gasteiger partial charge >= 0.3 is 0 Å². The smallest absolute Gasteiger partial charge is 0.243 e. The number of nitrogens with one attached hydrogen (secondary N) is 1. The third kappa shape index (κ3) is 3.49. The van der Waals surface area contributed by atoms with Gasteiger partial charge in [-0.1, -0.05) is 78.9 Å². The second-order valence-electron chi connectivity index (χ2n) is 11.1. The standard InChI is InChI=1S/C32H28Cl2N2O4/c33-31-21-12-4-5-13-22(21)32(34,24-15-7-6-14-23(24)31)27-26(31)29(38)36(30(27)39)25(17-19-9-2-1-3-10-19)28(37)35-18-20-11-8-16-40-20/h1-7,9-10,12-15,20,25-27H,8,11,16-18H2,(H,35,37)/t20-,25+,26-,27+,31?,32?/m0/s1. The number of halogens is 2. The van der Waals surface area contributed by atoms with Crippen LogP contribution in [0, 0.1) is 11.8 Å². The zero-order chi connectivity index (χ0) is 27.6. The molecule has 2 heterocycles. The SMILES string of the molecule is O=C(NC[C@@H]1CCCO1)[C@@H](Cc1ccccc1)N1C(=O)[C@@H]2[C@H](C1=O)C1(Cl)c3ccccc3C2(Cl)c2ccccc21. The lowest BCUT2D eigenvalue weighted by atomic mass is 9.54. The summed E-state index contributed by atoms with van der Waals surface area (Å²) in [6, 6.07) is 23.4. The van der Waals surface area contributed by atoms with Crippen molar-refractivity contribution < 1.29 is 19.1 Å². The summed E-state index contributed by atoms with van der Waals surface area (Å²) < 4.78 is 5.68. The summed E-state index contributed by atoms with van der Waals surface area (Å²) in [5.41, 5.74) is 3.77. The van der Waals surface area contributed by atoms with E-state index >= 15 is 0 Å². The van der Waals surface area contributed by atoms with Crippen LogP contribution in [0.2, 0.25) is 0 Å². The second kappa shape index (κ2) is 9.44. The first kappa shape index (κ1) is 25.8. The first-order chi connectivity index (χ1) is 19.4. The minimum Gasteiger partial charge on any atom is -0.376 e. The van der Waals surface area contributed by atoms with Crippen molar-refractivity contribution in [3.05, 3.63) is 107 Å². The van der Waals surface area contributed by atoms with Crippen molar-refractivity contribution in [2.75, 3.05) is 13.2 Å². The summed E-state index contributed by atoms with van der Waals surface area (Å²) in [4.78, 5) is 41.3. The summed E-state index contributed by atoms with van der Waals surface area (Å²) >= 11 is 15.1. The molecule has 2 saturated heterocycles. The van der Waals surface area contributed by atoms with Gasteiger partial charge in [-0.25, -0.2) is 0 Å². The molecular weight excluding hydrogens is 547 g/mol. The van der Waals surface area contributed by atoms with Gasteiger partial charge < -0.3 is 10.1 Å². The predicted octanol–water partition coefficient (Wildman–Crippen LogP) is 4.49. The van der Waals surface area contributed by atoms with E-state index in [1.54, 1.807) is 0 Å². The highest BCUT2D eigenvalue weighted by Crippen LogP contribution is 2.69. The van der Waals surface area contributed by atoms with E-state index < -0.39 is 45.3 Å². The molecule has 3 aliphatic carbocycles. The molecule has 6 nitrogen and oxygen atoms in total. The Morgan fingerprint density at radius 1 is 0.850 bits per heavy atom. The molecule has 4 atom stereocenters. The van der Waals surface area contributed by atoms with Gasteiger partial charge in [-0.15, -0.1) is 23.2 Å². The molecule has 3 amide bonds. The molecule has 0 unspecified atom stereocenters. The Hall–Kier alpha value is -3.19. The van der Waals surface area contributed by atoms with Crippen LogP contribution in [-0.4, -0.2) is 47.9 Å². The maximum Gasteiger partial charge on any atom is 0.243 e. The predicted molar refractivity (Wildman–Crippen MR) is 151 cm³/mol. The van der Waals surface area contributed by atoms with E-state index in [0.29, 0.717) is 13.2 Å². The molecule has 204 valence electrons. The Balaban J connectivity index is 1.33. The Morgan fingerprint density at radius 2 is 1.35 bits per heavy atom.